The summed E-state index contributed by atoms with van der Waals surface area (Å²) in [5.41, 5.74) is 1.54. The molecule has 1 aromatic heterocycles. The number of rotatable bonds is 2. The van der Waals surface area contributed by atoms with Crippen molar-refractivity contribution in [3.63, 3.8) is 0 Å². The molecule has 0 aliphatic heterocycles. The number of methoxy groups -OCH3 is 2. The standard InChI is InChI=1S/C11H12N2O3/c1-6-11(14)13-8-5-10(16-3)9(15-2)4-7(8)12-6/h4-5H,1-3H3,(H,13,14). The Labute approximate surface area is 92.0 Å². The van der Waals surface area contributed by atoms with E-state index < -0.39 is 0 Å². The highest BCUT2D eigenvalue weighted by Gasteiger charge is 2.08. The molecule has 0 amide bonds. The largest absolute Gasteiger partial charge is 0.493 e. The predicted molar refractivity (Wildman–Crippen MR) is 60.2 cm³/mol. The number of nitrogens with one attached hydrogen (secondary N) is 1. The van der Waals surface area contributed by atoms with Crippen molar-refractivity contribution in [1.29, 1.82) is 0 Å². The van der Waals surface area contributed by atoms with Gasteiger partial charge < -0.3 is 14.5 Å². The second kappa shape index (κ2) is 3.84. The molecular formula is C11H12N2O3. The molecule has 1 aromatic carbocycles. The lowest BCUT2D eigenvalue weighted by Gasteiger charge is -2.08. The monoisotopic (exact) mass is 220 g/mol. The molecule has 5 heteroatoms. The van der Waals surface area contributed by atoms with Crippen LogP contribution in [0.3, 0.4) is 0 Å². The Morgan fingerprint density at radius 1 is 1.19 bits per heavy atom. The van der Waals surface area contributed by atoms with E-state index in [1.165, 1.54) is 0 Å². The third-order valence-corrected chi connectivity index (χ3v) is 2.37. The van der Waals surface area contributed by atoms with Gasteiger partial charge in [0.1, 0.15) is 5.69 Å². The fourth-order valence-corrected chi connectivity index (χ4v) is 1.51. The third-order valence-electron chi connectivity index (χ3n) is 2.37. The van der Waals surface area contributed by atoms with Crippen LogP contribution in [0.1, 0.15) is 5.69 Å². The van der Waals surface area contributed by atoms with Crippen LogP contribution in [0.2, 0.25) is 0 Å². The van der Waals surface area contributed by atoms with Gasteiger partial charge in [0.2, 0.25) is 0 Å². The number of hydrogen-bond acceptors (Lipinski definition) is 4. The zero-order valence-electron chi connectivity index (χ0n) is 9.33. The maximum Gasteiger partial charge on any atom is 0.269 e. The van der Waals surface area contributed by atoms with Crippen molar-refractivity contribution in [2.45, 2.75) is 6.92 Å². The van der Waals surface area contributed by atoms with Gasteiger partial charge in [-0.1, -0.05) is 0 Å². The van der Waals surface area contributed by atoms with Crippen LogP contribution in [0.4, 0.5) is 0 Å². The maximum atomic E-state index is 11.4. The van der Waals surface area contributed by atoms with Crippen molar-refractivity contribution >= 4 is 11.0 Å². The number of benzene rings is 1. The van der Waals surface area contributed by atoms with Crippen molar-refractivity contribution < 1.29 is 9.47 Å². The Balaban J connectivity index is 2.78. The van der Waals surface area contributed by atoms with Gasteiger partial charge in [-0.15, -0.1) is 0 Å². The van der Waals surface area contributed by atoms with Crippen molar-refractivity contribution in [2.24, 2.45) is 0 Å². The zero-order valence-corrected chi connectivity index (χ0v) is 9.33. The van der Waals surface area contributed by atoms with Gasteiger partial charge in [0.05, 0.1) is 25.3 Å². The molecule has 0 saturated carbocycles. The first-order valence-electron chi connectivity index (χ1n) is 4.78. The first-order valence-corrected chi connectivity index (χ1v) is 4.78. The minimum atomic E-state index is -0.195. The first kappa shape index (κ1) is 10.5. The van der Waals surface area contributed by atoms with Crippen LogP contribution >= 0.6 is 0 Å². The molecule has 0 atom stereocenters. The van der Waals surface area contributed by atoms with Crippen LogP contribution in [0.25, 0.3) is 11.0 Å². The summed E-state index contributed by atoms with van der Waals surface area (Å²) in [4.78, 5) is 18.3. The lowest BCUT2D eigenvalue weighted by atomic mass is 10.2. The smallest absolute Gasteiger partial charge is 0.269 e. The summed E-state index contributed by atoms with van der Waals surface area (Å²) in [7, 11) is 3.10. The number of aromatic nitrogens is 2. The maximum absolute atomic E-state index is 11.4. The number of aromatic amines is 1. The van der Waals surface area contributed by atoms with E-state index in [0.29, 0.717) is 28.2 Å². The molecule has 16 heavy (non-hydrogen) atoms. The Bertz CT molecular complexity index is 590. The van der Waals surface area contributed by atoms with Gasteiger partial charge in [0.25, 0.3) is 5.56 Å². The Kier molecular flexibility index (Phi) is 2.52. The lowest BCUT2D eigenvalue weighted by molar-refractivity contribution is 0.355. The highest BCUT2D eigenvalue weighted by molar-refractivity contribution is 5.78. The van der Waals surface area contributed by atoms with Crippen molar-refractivity contribution in [1.82, 2.24) is 9.97 Å². The SMILES string of the molecule is COc1cc2nc(C)c(=O)[nH]c2cc1OC. The molecule has 2 aromatic rings. The predicted octanol–water partition coefficient (Wildman–Crippen LogP) is 1.25. The Morgan fingerprint density at radius 3 is 2.44 bits per heavy atom. The Morgan fingerprint density at radius 2 is 1.81 bits per heavy atom. The van der Waals surface area contributed by atoms with E-state index in [1.54, 1.807) is 33.3 Å². The highest BCUT2D eigenvalue weighted by Crippen LogP contribution is 2.29. The number of aryl methyl sites for hydroxylation is 1. The molecule has 0 fully saturated rings. The number of ether oxygens (including phenoxy) is 2. The van der Waals surface area contributed by atoms with Crippen LogP contribution in [-0.2, 0) is 0 Å². The van der Waals surface area contributed by atoms with E-state index >= 15 is 0 Å². The minimum absolute atomic E-state index is 0.195. The van der Waals surface area contributed by atoms with Crippen LogP contribution < -0.4 is 15.0 Å². The molecule has 1 N–H and O–H groups in total. The van der Waals surface area contributed by atoms with Crippen LogP contribution in [0.5, 0.6) is 11.5 Å². The van der Waals surface area contributed by atoms with Gasteiger partial charge in [0.15, 0.2) is 11.5 Å². The summed E-state index contributed by atoms with van der Waals surface area (Å²) >= 11 is 0. The zero-order chi connectivity index (χ0) is 11.7. The molecule has 0 aliphatic rings. The summed E-state index contributed by atoms with van der Waals surface area (Å²) in [6, 6.07) is 3.43. The molecular weight excluding hydrogens is 208 g/mol. The van der Waals surface area contributed by atoms with E-state index in [4.69, 9.17) is 9.47 Å². The summed E-state index contributed by atoms with van der Waals surface area (Å²) in [6.45, 7) is 1.66. The van der Waals surface area contributed by atoms with Crippen LogP contribution in [-0.4, -0.2) is 24.2 Å². The van der Waals surface area contributed by atoms with Gasteiger partial charge in [-0.3, -0.25) is 4.79 Å². The molecule has 0 saturated heterocycles. The quantitative estimate of drug-likeness (QED) is 0.827. The first-order chi connectivity index (χ1) is 7.65. The molecule has 0 bridgehead atoms. The lowest BCUT2D eigenvalue weighted by Crippen LogP contribution is -2.11. The van der Waals surface area contributed by atoms with E-state index in [9.17, 15) is 4.79 Å². The fraction of sp³-hybridized carbons (Fsp3) is 0.273. The highest BCUT2D eigenvalue weighted by atomic mass is 16.5. The van der Waals surface area contributed by atoms with Crippen molar-refractivity contribution in [3.8, 4) is 11.5 Å². The van der Waals surface area contributed by atoms with Gasteiger partial charge in [-0.2, -0.15) is 0 Å². The Hall–Kier alpha value is -2.04. The fourth-order valence-electron chi connectivity index (χ4n) is 1.51. The van der Waals surface area contributed by atoms with Crippen LogP contribution in [0, 0.1) is 6.92 Å². The normalized spacial score (nSPS) is 10.4. The van der Waals surface area contributed by atoms with Crippen molar-refractivity contribution in [3.05, 3.63) is 28.2 Å². The van der Waals surface area contributed by atoms with E-state index in [1.807, 2.05) is 0 Å². The van der Waals surface area contributed by atoms with E-state index in [2.05, 4.69) is 9.97 Å². The molecule has 0 unspecified atom stereocenters. The average Bonchev–Trinajstić information content (AvgIpc) is 2.29. The molecule has 0 aliphatic carbocycles. The minimum Gasteiger partial charge on any atom is -0.493 e. The van der Waals surface area contributed by atoms with Gasteiger partial charge in [-0.05, 0) is 6.92 Å². The average molecular weight is 220 g/mol. The number of fused-ring (bicyclic) bond motifs is 1. The van der Waals surface area contributed by atoms with Crippen LogP contribution in [0.15, 0.2) is 16.9 Å². The topological polar surface area (TPSA) is 64.2 Å². The molecule has 0 radical (unpaired) electrons. The number of nitrogens with zero attached hydrogens (tertiary/aromatic N) is 1. The molecule has 0 spiro atoms. The number of H-pyrrole nitrogens is 1. The van der Waals surface area contributed by atoms with E-state index in [0.717, 1.165) is 0 Å². The van der Waals surface area contributed by atoms with Gasteiger partial charge >= 0.3 is 0 Å². The second-order valence-corrected chi connectivity index (χ2v) is 3.38. The molecule has 1 heterocycles. The second-order valence-electron chi connectivity index (χ2n) is 3.38. The summed E-state index contributed by atoms with van der Waals surface area (Å²) in [5, 5.41) is 0. The third kappa shape index (κ3) is 1.60. The number of hydrogen-bond donors (Lipinski definition) is 1. The van der Waals surface area contributed by atoms with Gasteiger partial charge in [-0.25, -0.2) is 4.98 Å². The summed E-state index contributed by atoms with van der Waals surface area (Å²) in [5.74, 6) is 1.16. The van der Waals surface area contributed by atoms with Crippen molar-refractivity contribution in [2.75, 3.05) is 14.2 Å². The summed E-state index contributed by atoms with van der Waals surface area (Å²) in [6.07, 6.45) is 0. The van der Waals surface area contributed by atoms with Gasteiger partial charge in [0, 0.05) is 12.1 Å². The molecule has 5 nitrogen and oxygen atoms in total. The van der Waals surface area contributed by atoms with E-state index in [-0.39, 0.29) is 5.56 Å². The summed E-state index contributed by atoms with van der Waals surface area (Å²) < 4.78 is 10.3. The molecule has 2 rings (SSSR count). The molecule has 84 valence electrons.